The van der Waals surface area contributed by atoms with Crippen molar-refractivity contribution < 1.29 is 14.2 Å². The van der Waals surface area contributed by atoms with E-state index in [2.05, 4.69) is 15.0 Å². The van der Waals surface area contributed by atoms with Gasteiger partial charge in [-0.1, -0.05) is 35.0 Å². The Morgan fingerprint density at radius 1 is 1.12 bits per heavy atom. The van der Waals surface area contributed by atoms with E-state index in [9.17, 15) is 14.9 Å². The smallest absolute Gasteiger partial charge is 0.269 e. The molecule has 0 radical (unpaired) electrons. The highest BCUT2D eigenvalue weighted by atomic mass is 32.2. The van der Waals surface area contributed by atoms with Crippen molar-refractivity contribution in [2.45, 2.75) is 30.5 Å². The molecule has 0 saturated carbocycles. The lowest BCUT2D eigenvalue weighted by atomic mass is 10.1. The molecule has 0 aliphatic carbocycles. The molecule has 2 aromatic carbocycles. The van der Waals surface area contributed by atoms with E-state index in [1.807, 2.05) is 43.0 Å². The number of nitrogens with zero attached hydrogens (tertiary/aromatic N) is 5. The maximum atomic E-state index is 12.9. The zero-order valence-electron chi connectivity index (χ0n) is 18.5. The second kappa shape index (κ2) is 10.1. The van der Waals surface area contributed by atoms with Gasteiger partial charge in [0.05, 0.1) is 16.7 Å². The minimum Gasteiger partial charge on any atom is -0.339 e. The Kier molecular flexibility index (Phi) is 7.05. The van der Waals surface area contributed by atoms with E-state index in [4.69, 9.17) is 4.52 Å². The molecular weight excluding hydrogens is 442 g/mol. The second-order valence-corrected chi connectivity index (χ2v) is 9.40. The van der Waals surface area contributed by atoms with Gasteiger partial charge in [-0.2, -0.15) is 4.98 Å². The summed E-state index contributed by atoms with van der Waals surface area (Å²) in [6, 6.07) is 14.3. The van der Waals surface area contributed by atoms with Gasteiger partial charge in [0.1, 0.15) is 0 Å². The zero-order chi connectivity index (χ0) is 23.4. The number of rotatable bonds is 7. The molecule has 33 heavy (non-hydrogen) atoms. The van der Waals surface area contributed by atoms with Crippen LogP contribution in [0.15, 0.2) is 57.9 Å². The van der Waals surface area contributed by atoms with Crippen LogP contribution >= 0.6 is 11.8 Å². The molecule has 9 nitrogen and oxygen atoms in total. The number of aromatic nitrogens is 2. The molecule has 1 amide bonds. The molecule has 4 rings (SSSR count). The van der Waals surface area contributed by atoms with E-state index in [1.54, 1.807) is 12.1 Å². The van der Waals surface area contributed by atoms with E-state index < -0.39 is 4.92 Å². The van der Waals surface area contributed by atoms with Crippen LogP contribution in [0.1, 0.15) is 18.4 Å². The van der Waals surface area contributed by atoms with E-state index in [0.29, 0.717) is 31.3 Å². The molecule has 1 aromatic heterocycles. The normalized spacial score (nSPS) is 15.4. The fourth-order valence-corrected chi connectivity index (χ4v) is 4.57. The molecule has 172 valence electrons. The van der Waals surface area contributed by atoms with Gasteiger partial charge < -0.3 is 9.42 Å². The van der Waals surface area contributed by atoms with Gasteiger partial charge in [0.2, 0.25) is 17.6 Å². The number of carbonyl (C=O) groups is 1. The average molecular weight is 468 g/mol. The third-order valence-corrected chi connectivity index (χ3v) is 6.63. The van der Waals surface area contributed by atoms with Gasteiger partial charge >= 0.3 is 0 Å². The monoisotopic (exact) mass is 467 g/mol. The lowest BCUT2D eigenvalue weighted by Crippen LogP contribution is -2.50. The largest absolute Gasteiger partial charge is 0.339 e. The minimum absolute atomic E-state index is 0.0432. The predicted molar refractivity (Wildman–Crippen MR) is 125 cm³/mol. The Balaban J connectivity index is 1.26. The second-order valence-electron chi connectivity index (χ2n) is 7.99. The summed E-state index contributed by atoms with van der Waals surface area (Å²) in [6.45, 7) is 7.16. The van der Waals surface area contributed by atoms with Gasteiger partial charge in [-0.15, -0.1) is 11.8 Å². The topological polar surface area (TPSA) is 106 Å². The van der Waals surface area contributed by atoms with Crippen LogP contribution in [0.2, 0.25) is 0 Å². The number of amides is 1. The maximum Gasteiger partial charge on any atom is 0.269 e. The van der Waals surface area contributed by atoms with Crippen LogP contribution in [0.4, 0.5) is 5.69 Å². The van der Waals surface area contributed by atoms with Gasteiger partial charge in [0, 0.05) is 48.8 Å². The lowest BCUT2D eigenvalue weighted by molar-refractivity contribution is -0.384. The van der Waals surface area contributed by atoms with Crippen molar-refractivity contribution in [2.24, 2.45) is 0 Å². The number of aryl methyl sites for hydroxylation is 1. The number of nitro groups is 1. The summed E-state index contributed by atoms with van der Waals surface area (Å²) >= 11 is 1.41. The van der Waals surface area contributed by atoms with Gasteiger partial charge in [0.15, 0.2) is 0 Å². The van der Waals surface area contributed by atoms with Crippen molar-refractivity contribution >= 4 is 23.4 Å². The number of piperazine rings is 1. The molecule has 0 bridgehead atoms. The lowest BCUT2D eigenvalue weighted by Gasteiger charge is -2.35. The minimum atomic E-state index is -0.430. The van der Waals surface area contributed by atoms with Gasteiger partial charge in [-0.05, 0) is 26.0 Å². The van der Waals surface area contributed by atoms with Crippen LogP contribution in [0.3, 0.4) is 0 Å². The molecule has 1 atom stereocenters. The van der Waals surface area contributed by atoms with Crippen molar-refractivity contribution in [3.8, 4) is 11.4 Å². The first-order chi connectivity index (χ1) is 15.9. The molecule has 2 heterocycles. The fraction of sp³-hybridized carbons (Fsp3) is 0.348. The number of hydrogen-bond acceptors (Lipinski definition) is 8. The maximum absolute atomic E-state index is 12.9. The van der Waals surface area contributed by atoms with Crippen molar-refractivity contribution in [2.75, 3.05) is 26.2 Å². The Hall–Kier alpha value is -3.24. The van der Waals surface area contributed by atoms with Gasteiger partial charge in [-0.25, -0.2) is 0 Å². The highest BCUT2D eigenvalue weighted by molar-refractivity contribution is 8.00. The summed E-state index contributed by atoms with van der Waals surface area (Å²) < 4.78 is 5.43. The Labute approximate surface area is 195 Å². The van der Waals surface area contributed by atoms with Crippen LogP contribution in [-0.2, 0) is 11.3 Å². The molecule has 1 saturated heterocycles. The molecule has 0 spiro atoms. The predicted octanol–water partition coefficient (Wildman–Crippen LogP) is 3.78. The number of hydrogen-bond donors (Lipinski definition) is 0. The molecule has 1 aliphatic heterocycles. The molecule has 0 unspecified atom stereocenters. The first-order valence-corrected chi connectivity index (χ1v) is 11.6. The van der Waals surface area contributed by atoms with E-state index in [0.717, 1.165) is 23.5 Å². The average Bonchev–Trinajstić information content (AvgIpc) is 3.28. The first-order valence-electron chi connectivity index (χ1n) is 10.7. The number of non-ortho nitro benzene ring substituents is 1. The number of thioether (sulfide) groups is 1. The van der Waals surface area contributed by atoms with E-state index in [1.165, 1.54) is 29.5 Å². The van der Waals surface area contributed by atoms with E-state index >= 15 is 0 Å². The summed E-state index contributed by atoms with van der Waals surface area (Å²) in [5.74, 6) is 1.21. The molecule has 3 aromatic rings. The zero-order valence-corrected chi connectivity index (χ0v) is 19.3. The highest BCUT2D eigenvalue weighted by Crippen LogP contribution is 2.27. The van der Waals surface area contributed by atoms with Crippen molar-refractivity contribution in [1.29, 1.82) is 0 Å². The summed E-state index contributed by atoms with van der Waals surface area (Å²) in [7, 11) is 0. The molecular formula is C23H25N5O4S. The SMILES string of the molecule is Cc1ccc(-c2noc(CN3CCN(C(=O)[C@@H](C)Sc4ccc([N+](=O)[O-])cc4)CC3)n2)cc1. The fourth-order valence-electron chi connectivity index (χ4n) is 3.61. The van der Waals surface area contributed by atoms with Gasteiger partial charge in [-0.3, -0.25) is 19.8 Å². The summed E-state index contributed by atoms with van der Waals surface area (Å²) in [4.78, 5) is 32.6. The third kappa shape index (κ3) is 5.77. The first kappa shape index (κ1) is 22.9. The van der Waals surface area contributed by atoms with Crippen LogP contribution in [0.25, 0.3) is 11.4 Å². The van der Waals surface area contributed by atoms with Crippen LogP contribution in [-0.4, -0.2) is 62.2 Å². The molecule has 1 fully saturated rings. The molecule has 10 heteroatoms. The third-order valence-electron chi connectivity index (χ3n) is 5.53. The van der Waals surface area contributed by atoms with Crippen LogP contribution in [0.5, 0.6) is 0 Å². The summed E-state index contributed by atoms with van der Waals surface area (Å²) in [5.41, 5.74) is 2.14. The Morgan fingerprint density at radius 2 is 1.79 bits per heavy atom. The van der Waals surface area contributed by atoms with Crippen molar-refractivity contribution in [1.82, 2.24) is 19.9 Å². The van der Waals surface area contributed by atoms with Crippen LogP contribution < -0.4 is 0 Å². The highest BCUT2D eigenvalue weighted by Gasteiger charge is 2.26. The van der Waals surface area contributed by atoms with Crippen molar-refractivity contribution in [3.63, 3.8) is 0 Å². The standard InChI is InChI=1S/C23H25N5O4S/c1-16-3-5-18(6-4-16)22-24-21(32-25-22)15-26-11-13-27(14-12-26)23(29)17(2)33-20-9-7-19(8-10-20)28(30)31/h3-10,17H,11-15H2,1-2H3/t17-/m1/s1. The summed E-state index contributed by atoms with van der Waals surface area (Å²) in [5, 5.41) is 14.6. The summed E-state index contributed by atoms with van der Waals surface area (Å²) in [6.07, 6.45) is 0. The number of benzene rings is 2. The molecule has 0 N–H and O–H groups in total. The number of carbonyl (C=O) groups excluding carboxylic acids is 1. The quantitative estimate of drug-likeness (QED) is 0.294. The van der Waals surface area contributed by atoms with E-state index in [-0.39, 0.29) is 16.8 Å². The van der Waals surface area contributed by atoms with Crippen LogP contribution in [0, 0.1) is 17.0 Å². The van der Waals surface area contributed by atoms with Gasteiger partial charge in [0.25, 0.3) is 5.69 Å². The number of nitro benzene ring substituents is 1. The Morgan fingerprint density at radius 3 is 2.42 bits per heavy atom. The molecule has 1 aliphatic rings. The van der Waals surface area contributed by atoms with Crippen molar-refractivity contribution in [3.05, 3.63) is 70.1 Å². The Bertz CT molecular complexity index is 1110.